The molecule has 0 saturated heterocycles. The van der Waals surface area contributed by atoms with Gasteiger partial charge >= 0.3 is 0 Å². The zero-order valence-electron chi connectivity index (χ0n) is 15.7. The van der Waals surface area contributed by atoms with Crippen molar-refractivity contribution in [2.75, 3.05) is 5.32 Å². The van der Waals surface area contributed by atoms with E-state index in [0.717, 1.165) is 18.5 Å². The van der Waals surface area contributed by atoms with Gasteiger partial charge in [-0.1, -0.05) is 13.8 Å². The first-order valence-corrected chi connectivity index (χ1v) is 9.01. The number of hydrogen-bond donors (Lipinski definition) is 1. The van der Waals surface area contributed by atoms with Crippen LogP contribution in [0.2, 0.25) is 0 Å². The van der Waals surface area contributed by atoms with Gasteiger partial charge in [0.1, 0.15) is 23.7 Å². The fraction of sp³-hybridized carbons (Fsp3) is 0.300. The number of anilines is 1. The molecule has 0 unspecified atom stereocenters. The van der Waals surface area contributed by atoms with E-state index in [1.54, 1.807) is 35.3 Å². The number of aromatic nitrogens is 4. The van der Waals surface area contributed by atoms with Crippen LogP contribution in [0.4, 0.5) is 5.69 Å². The van der Waals surface area contributed by atoms with Crippen LogP contribution in [0.5, 0.6) is 11.6 Å². The van der Waals surface area contributed by atoms with Crippen LogP contribution in [0.25, 0.3) is 5.82 Å². The van der Waals surface area contributed by atoms with E-state index >= 15 is 0 Å². The van der Waals surface area contributed by atoms with Gasteiger partial charge in [0.25, 0.3) is 0 Å². The Balaban J connectivity index is 1.71. The molecule has 1 aromatic carbocycles. The van der Waals surface area contributed by atoms with Gasteiger partial charge < -0.3 is 10.1 Å². The molecule has 0 aliphatic heterocycles. The molecule has 140 valence electrons. The van der Waals surface area contributed by atoms with E-state index in [9.17, 15) is 4.79 Å². The van der Waals surface area contributed by atoms with Crippen LogP contribution < -0.4 is 10.1 Å². The molecule has 0 aliphatic carbocycles. The highest BCUT2D eigenvalue weighted by molar-refractivity contribution is 5.92. The van der Waals surface area contributed by atoms with E-state index in [-0.39, 0.29) is 11.8 Å². The van der Waals surface area contributed by atoms with Crippen molar-refractivity contribution in [2.24, 2.45) is 5.92 Å². The molecule has 3 aromatic rings. The molecule has 0 bridgehead atoms. The second-order valence-corrected chi connectivity index (χ2v) is 6.21. The lowest BCUT2D eigenvalue weighted by Crippen LogP contribution is -2.21. The molecule has 7 nitrogen and oxygen atoms in total. The van der Waals surface area contributed by atoms with Gasteiger partial charge in [0, 0.05) is 30.1 Å². The molecule has 0 radical (unpaired) electrons. The summed E-state index contributed by atoms with van der Waals surface area (Å²) in [6, 6.07) is 8.99. The van der Waals surface area contributed by atoms with Crippen LogP contribution in [0.1, 0.15) is 32.5 Å². The lowest BCUT2D eigenvalue weighted by Gasteiger charge is -2.13. The standard InChI is InChI=1S/C20H23N5O2/c1-4-15(5-2)20(26)24-16-6-8-17(9-7-16)27-19-12-18(22-14(3)23-19)25-11-10-21-13-25/h6-13,15H,4-5H2,1-3H3,(H,24,26). The molecule has 1 N–H and O–H groups in total. The number of carbonyl (C=O) groups is 1. The van der Waals surface area contributed by atoms with Gasteiger partial charge in [0.05, 0.1) is 0 Å². The van der Waals surface area contributed by atoms with Crippen LogP contribution in [0, 0.1) is 12.8 Å². The second kappa shape index (κ2) is 8.44. The smallest absolute Gasteiger partial charge is 0.227 e. The van der Waals surface area contributed by atoms with Crippen LogP contribution >= 0.6 is 0 Å². The largest absolute Gasteiger partial charge is 0.439 e. The number of rotatable bonds is 7. The lowest BCUT2D eigenvalue weighted by atomic mass is 10.0. The van der Waals surface area contributed by atoms with Crippen molar-refractivity contribution in [3.05, 3.63) is 54.9 Å². The number of ether oxygens (including phenoxy) is 1. The van der Waals surface area contributed by atoms with Gasteiger partial charge in [-0.25, -0.2) is 9.97 Å². The number of amides is 1. The Morgan fingerprint density at radius 1 is 1.19 bits per heavy atom. The van der Waals surface area contributed by atoms with E-state index in [0.29, 0.717) is 23.3 Å². The molecule has 2 heterocycles. The summed E-state index contributed by atoms with van der Waals surface area (Å²) in [6.07, 6.45) is 6.82. The summed E-state index contributed by atoms with van der Waals surface area (Å²) in [4.78, 5) is 24.9. The highest BCUT2D eigenvalue weighted by Crippen LogP contribution is 2.23. The lowest BCUT2D eigenvalue weighted by molar-refractivity contribution is -0.120. The predicted molar refractivity (Wildman–Crippen MR) is 103 cm³/mol. The van der Waals surface area contributed by atoms with Gasteiger partial charge in [-0.05, 0) is 44.0 Å². The Bertz CT molecular complexity index is 887. The minimum absolute atomic E-state index is 0.0338. The average Bonchev–Trinajstić information content (AvgIpc) is 3.19. The summed E-state index contributed by atoms with van der Waals surface area (Å²) in [6.45, 7) is 5.85. The Morgan fingerprint density at radius 3 is 2.56 bits per heavy atom. The van der Waals surface area contributed by atoms with Crippen molar-refractivity contribution in [1.29, 1.82) is 0 Å². The highest BCUT2D eigenvalue weighted by atomic mass is 16.5. The monoisotopic (exact) mass is 365 g/mol. The number of nitrogens with zero attached hydrogens (tertiary/aromatic N) is 4. The van der Waals surface area contributed by atoms with E-state index in [1.807, 2.05) is 39.1 Å². The first kappa shape index (κ1) is 18.6. The summed E-state index contributed by atoms with van der Waals surface area (Å²) in [5.74, 6) is 2.44. The van der Waals surface area contributed by atoms with Crippen molar-refractivity contribution in [3.63, 3.8) is 0 Å². The first-order chi connectivity index (χ1) is 13.1. The van der Waals surface area contributed by atoms with Crippen molar-refractivity contribution in [2.45, 2.75) is 33.6 Å². The number of imidazole rings is 1. The van der Waals surface area contributed by atoms with Crippen molar-refractivity contribution in [3.8, 4) is 17.4 Å². The van der Waals surface area contributed by atoms with E-state index in [2.05, 4.69) is 20.3 Å². The topological polar surface area (TPSA) is 81.9 Å². The number of aryl methyl sites for hydroxylation is 1. The highest BCUT2D eigenvalue weighted by Gasteiger charge is 2.14. The third-order valence-electron chi connectivity index (χ3n) is 4.27. The van der Waals surface area contributed by atoms with Crippen molar-refractivity contribution < 1.29 is 9.53 Å². The SMILES string of the molecule is CCC(CC)C(=O)Nc1ccc(Oc2cc(-n3ccnc3)nc(C)n2)cc1. The number of nitrogens with one attached hydrogen (secondary N) is 1. The molecule has 2 aromatic heterocycles. The Labute approximate surface area is 158 Å². The zero-order chi connectivity index (χ0) is 19.2. The molecule has 1 amide bonds. The maximum Gasteiger partial charge on any atom is 0.227 e. The first-order valence-electron chi connectivity index (χ1n) is 9.01. The van der Waals surface area contributed by atoms with Gasteiger partial charge in [-0.3, -0.25) is 9.36 Å². The maximum atomic E-state index is 12.2. The normalized spacial score (nSPS) is 10.8. The minimum atomic E-state index is 0.0338. The summed E-state index contributed by atoms with van der Waals surface area (Å²) in [5, 5.41) is 2.94. The molecule has 3 rings (SSSR count). The average molecular weight is 365 g/mol. The van der Waals surface area contributed by atoms with Gasteiger partial charge in [-0.15, -0.1) is 0 Å². The summed E-state index contributed by atoms with van der Waals surface area (Å²) < 4.78 is 7.64. The van der Waals surface area contributed by atoms with Crippen molar-refractivity contribution in [1.82, 2.24) is 19.5 Å². The number of benzene rings is 1. The molecular weight excluding hydrogens is 342 g/mol. The predicted octanol–water partition coefficient (Wildman–Crippen LogP) is 4.14. The Morgan fingerprint density at radius 2 is 1.93 bits per heavy atom. The van der Waals surface area contributed by atoms with Gasteiger partial charge in [0.2, 0.25) is 11.8 Å². The van der Waals surface area contributed by atoms with Gasteiger partial charge in [-0.2, -0.15) is 4.98 Å². The number of carbonyl (C=O) groups excluding carboxylic acids is 1. The van der Waals surface area contributed by atoms with E-state index in [1.165, 1.54) is 0 Å². The molecule has 7 heteroatoms. The summed E-state index contributed by atoms with van der Waals surface area (Å²) in [5.41, 5.74) is 0.747. The van der Waals surface area contributed by atoms with Crippen LogP contribution in [-0.4, -0.2) is 25.4 Å². The van der Waals surface area contributed by atoms with Crippen LogP contribution in [0.3, 0.4) is 0 Å². The van der Waals surface area contributed by atoms with E-state index < -0.39 is 0 Å². The van der Waals surface area contributed by atoms with Crippen molar-refractivity contribution >= 4 is 11.6 Å². The number of hydrogen-bond acceptors (Lipinski definition) is 5. The second-order valence-electron chi connectivity index (χ2n) is 6.21. The molecule has 0 fully saturated rings. The molecule has 27 heavy (non-hydrogen) atoms. The van der Waals surface area contributed by atoms with E-state index in [4.69, 9.17) is 4.74 Å². The third-order valence-corrected chi connectivity index (χ3v) is 4.27. The van der Waals surface area contributed by atoms with Gasteiger partial charge in [0.15, 0.2) is 0 Å². The Hall–Kier alpha value is -3.22. The fourth-order valence-corrected chi connectivity index (χ4v) is 2.74. The van der Waals surface area contributed by atoms with Crippen LogP contribution in [-0.2, 0) is 4.79 Å². The third kappa shape index (κ3) is 4.69. The molecule has 0 aliphatic rings. The maximum absolute atomic E-state index is 12.2. The zero-order valence-corrected chi connectivity index (χ0v) is 15.7. The van der Waals surface area contributed by atoms with Crippen LogP contribution in [0.15, 0.2) is 49.1 Å². The quantitative estimate of drug-likeness (QED) is 0.680. The summed E-state index contributed by atoms with van der Waals surface area (Å²) in [7, 11) is 0. The molecule has 0 saturated carbocycles. The molecule has 0 atom stereocenters. The minimum Gasteiger partial charge on any atom is -0.439 e. The molecular formula is C20H23N5O2. The summed E-state index contributed by atoms with van der Waals surface area (Å²) >= 11 is 0. The Kier molecular flexibility index (Phi) is 5.80. The molecule has 0 spiro atoms. The fourth-order valence-electron chi connectivity index (χ4n) is 2.74.